The summed E-state index contributed by atoms with van der Waals surface area (Å²) in [6.07, 6.45) is 3.37. The van der Waals surface area contributed by atoms with Gasteiger partial charge >= 0.3 is 0 Å². The van der Waals surface area contributed by atoms with Crippen molar-refractivity contribution in [2.45, 2.75) is 33.1 Å². The molecule has 0 bridgehead atoms. The van der Waals surface area contributed by atoms with Crippen LogP contribution >= 0.6 is 11.5 Å². The number of anilines is 1. The first-order valence-electron chi connectivity index (χ1n) is 5.45. The zero-order valence-corrected chi connectivity index (χ0v) is 10.3. The topological polar surface area (TPSA) is 47.0 Å². The molecule has 5 heteroatoms. The number of ether oxygens (including phenoxy) is 1. The Bertz CT molecular complexity index is 265. The third-order valence-electron chi connectivity index (χ3n) is 1.91. The van der Waals surface area contributed by atoms with Crippen molar-refractivity contribution in [2.75, 3.05) is 25.1 Å². The summed E-state index contributed by atoms with van der Waals surface area (Å²) in [4.78, 5) is 4.21. The zero-order valence-electron chi connectivity index (χ0n) is 9.45. The maximum absolute atomic E-state index is 5.44. The molecule has 0 saturated heterocycles. The van der Waals surface area contributed by atoms with E-state index in [1.807, 2.05) is 6.92 Å². The van der Waals surface area contributed by atoms with Crippen molar-refractivity contribution in [2.24, 2.45) is 0 Å². The number of unbranched alkanes of at least 4 members (excludes halogenated alkanes) is 1. The largest absolute Gasteiger partial charge is 0.381 e. The predicted octanol–water partition coefficient (Wildman–Crippen LogP) is 2.47. The number of hydrogen-bond donors (Lipinski definition) is 1. The molecule has 0 unspecified atom stereocenters. The van der Waals surface area contributed by atoms with Crippen LogP contribution in [0.2, 0.25) is 0 Å². The maximum atomic E-state index is 5.44. The molecule has 1 N–H and O–H groups in total. The average Bonchev–Trinajstić information content (AvgIpc) is 2.63. The molecule has 0 aliphatic rings. The van der Waals surface area contributed by atoms with Gasteiger partial charge in [-0.15, -0.1) is 0 Å². The van der Waals surface area contributed by atoms with E-state index >= 15 is 0 Å². The van der Waals surface area contributed by atoms with Crippen molar-refractivity contribution in [3.63, 3.8) is 0 Å². The fraction of sp³-hybridized carbons (Fsp3) is 0.800. The quantitative estimate of drug-likeness (QED) is 0.696. The van der Waals surface area contributed by atoms with E-state index in [1.165, 1.54) is 18.0 Å². The SMILES string of the molecule is CCCCOCCCNc1nc(C)ns1. The smallest absolute Gasteiger partial charge is 0.202 e. The fourth-order valence-corrected chi connectivity index (χ4v) is 1.69. The highest BCUT2D eigenvalue weighted by Crippen LogP contribution is 2.09. The molecule has 0 aliphatic heterocycles. The lowest BCUT2D eigenvalue weighted by molar-refractivity contribution is 0.131. The highest BCUT2D eigenvalue weighted by molar-refractivity contribution is 7.09. The Balaban J connectivity index is 1.93. The Morgan fingerprint density at radius 2 is 2.13 bits per heavy atom. The first-order valence-corrected chi connectivity index (χ1v) is 6.22. The summed E-state index contributed by atoms with van der Waals surface area (Å²) >= 11 is 1.41. The second-order valence-corrected chi connectivity index (χ2v) is 4.14. The van der Waals surface area contributed by atoms with Gasteiger partial charge in [0, 0.05) is 31.3 Å². The number of rotatable bonds is 8. The van der Waals surface area contributed by atoms with Crippen molar-refractivity contribution < 1.29 is 4.74 Å². The summed E-state index contributed by atoms with van der Waals surface area (Å²) in [7, 11) is 0. The first-order chi connectivity index (χ1) is 7.33. The third kappa shape index (κ3) is 5.69. The molecule has 0 amide bonds. The Morgan fingerprint density at radius 1 is 1.33 bits per heavy atom. The minimum absolute atomic E-state index is 0.824. The molecule has 1 heterocycles. The third-order valence-corrected chi connectivity index (χ3v) is 2.68. The van der Waals surface area contributed by atoms with Crippen LogP contribution in [0.5, 0.6) is 0 Å². The van der Waals surface area contributed by atoms with Crippen LogP contribution in [0.1, 0.15) is 32.0 Å². The number of aromatic nitrogens is 2. The van der Waals surface area contributed by atoms with Gasteiger partial charge in [-0.05, 0) is 19.8 Å². The van der Waals surface area contributed by atoms with Gasteiger partial charge in [0.2, 0.25) is 5.13 Å². The summed E-state index contributed by atoms with van der Waals surface area (Å²) in [6.45, 7) is 6.68. The molecular weight excluding hydrogens is 210 g/mol. The predicted molar refractivity (Wildman–Crippen MR) is 63.5 cm³/mol. The van der Waals surface area contributed by atoms with E-state index in [0.717, 1.165) is 43.6 Å². The molecule has 0 fully saturated rings. The summed E-state index contributed by atoms with van der Waals surface area (Å²) < 4.78 is 9.54. The minimum Gasteiger partial charge on any atom is -0.381 e. The van der Waals surface area contributed by atoms with E-state index in [0.29, 0.717) is 0 Å². The van der Waals surface area contributed by atoms with Gasteiger partial charge in [-0.25, -0.2) is 4.98 Å². The highest BCUT2D eigenvalue weighted by atomic mass is 32.1. The molecule has 0 radical (unpaired) electrons. The molecule has 0 atom stereocenters. The molecular formula is C10H19N3OS. The average molecular weight is 229 g/mol. The molecule has 1 rings (SSSR count). The molecule has 1 aromatic heterocycles. The maximum Gasteiger partial charge on any atom is 0.202 e. The van der Waals surface area contributed by atoms with Crippen LogP contribution < -0.4 is 5.32 Å². The van der Waals surface area contributed by atoms with Crippen LogP contribution in [0.25, 0.3) is 0 Å². The van der Waals surface area contributed by atoms with E-state index in [4.69, 9.17) is 4.74 Å². The van der Waals surface area contributed by atoms with Gasteiger partial charge < -0.3 is 10.1 Å². The number of nitrogens with one attached hydrogen (secondary N) is 1. The molecule has 0 saturated carbocycles. The summed E-state index contributed by atoms with van der Waals surface area (Å²) in [6, 6.07) is 0. The van der Waals surface area contributed by atoms with Crippen molar-refractivity contribution in [1.29, 1.82) is 0 Å². The molecule has 0 aromatic carbocycles. The normalized spacial score (nSPS) is 10.5. The van der Waals surface area contributed by atoms with Crippen molar-refractivity contribution in [1.82, 2.24) is 9.36 Å². The Morgan fingerprint density at radius 3 is 2.80 bits per heavy atom. The molecule has 4 nitrogen and oxygen atoms in total. The van der Waals surface area contributed by atoms with Gasteiger partial charge in [0.05, 0.1) is 0 Å². The van der Waals surface area contributed by atoms with Crippen LogP contribution in [0.3, 0.4) is 0 Å². The van der Waals surface area contributed by atoms with Crippen LogP contribution in [0.4, 0.5) is 5.13 Å². The lowest BCUT2D eigenvalue weighted by Crippen LogP contribution is -2.06. The standard InChI is InChI=1S/C10H19N3OS/c1-3-4-7-14-8-5-6-11-10-12-9(2)13-15-10/h3-8H2,1-2H3,(H,11,12,13). The Labute approximate surface area is 95.2 Å². The van der Waals surface area contributed by atoms with Gasteiger partial charge in [-0.1, -0.05) is 13.3 Å². The van der Waals surface area contributed by atoms with Crippen LogP contribution in [-0.4, -0.2) is 29.1 Å². The summed E-state index contributed by atoms with van der Waals surface area (Å²) in [5.74, 6) is 0.835. The van der Waals surface area contributed by atoms with Gasteiger partial charge in [-0.3, -0.25) is 0 Å². The Kier molecular flexibility index (Phi) is 6.27. The van der Waals surface area contributed by atoms with Crippen LogP contribution in [0.15, 0.2) is 0 Å². The Hall–Kier alpha value is -0.680. The fourth-order valence-electron chi connectivity index (χ4n) is 1.09. The summed E-state index contributed by atoms with van der Waals surface area (Å²) in [5.41, 5.74) is 0. The second kappa shape index (κ2) is 7.59. The molecule has 15 heavy (non-hydrogen) atoms. The first kappa shape index (κ1) is 12.4. The van der Waals surface area contributed by atoms with E-state index < -0.39 is 0 Å². The monoisotopic (exact) mass is 229 g/mol. The highest BCUT2D eigenvalue weighted by Gasteiger charge is 1.97. The molecule has 0 aliphatic carbocycles. The van der Waals surface area contributed by atoms with Gasteiger partial charge in [-0.2, -0.15) is 4.37 Å². The number of nitrogens with zero attached hydrogens (tertiary/aromatic N) is 2. The van der Waals surface area contributed by atoms with Crippen LogP contribution in [-0.2, 0) is 4.74 Å². The van der Waals surface area contributed by atoms with Crippen molar-refractivity contribution >= 4 is 16.7 Å². The molecule has 1 aromatic rings. The number of aryl methyl sites for hydroxylation is 1. The molecule has 86 valence electrons. The van der Waals surface area contributed by atoms with Gasteiger partial charge in [0.15, 0.2) is 0 Å². The zero-order chi connectivity index (χ0) is 10.9. The molecule has 0 spiro atoms. The van der Waals surface area contributed by atoms with E-state index in [1.54, 1.807) is 0 Å². The number of hydrogen-bond acceptors (Lipinski definition) is 5. The van der Waals surface area contributed by atoms with Gasteiger partial charge in [0.1, 0.15) is 5.82 Å². The van der Waals surface area contributed by atoms with Crippen LogP contribution in [0, 0.1) is 6.92 Å². The van der Waals surface area contributed by atoms with Crippen molar-refractivity contribution in [3.05, 3.63) is 5.82 Å². The minimum atomic E-state index is 0.824. The second-order valence-electron chi connectivity index (χ2n) is 3.39. The van der Waals surface area contributed by atoms with E-state index in [-0.39, 0.29) is 0 Å². The van der Waals surface area contributed by atoms with Crippen molar-refractivity contribution in [3.8, 4) is 0 Å². The lowest BCUT2D eigenvalue weighted by Gasteiger charge is -2.03. The summed E-state index contributed by atoms with van der Waals surface area (Å²) in [5, 5.41) is 4.13. The lowest BCUT2D eigenvalue weighted by atomic mass is 10.4. The van der Waals surface area contributed by atoms with Gasteiger partial charge in [0.25, 0.3) is 0 Å². The van der Waals surface area contributed by atoms with E-state index in [2.05, 4.69) is 21.6 Å². The van der Waals surface area contributed by atoms with E-state index in [9.17, 15) is 0 Å².